The SMILES string of the molecule is C#CC(C)(C)O[SiH](OC(C)(C)C#C)OC(C)(C)C#C. The van der Waals surface area contributed by atoms with Crippen LogP contribution in [0.3, 0.4) is 0 Å². The van der Waals surface area contributed by atoms with Crippen molar-refractivity contribution < 1.29 is 13.3 Å². The zero-order chi connectivity index (χ0) is 15.3. The quantitative estimate of drug-likeness (QED) is 0.549. The van der Waals surface area contributed by atoms with Gasteiger partial charge in [0.15, 0.2) is 0 Å². The number of hydrogen-bond donors (Lipinski definition) is 0. The van der Waals surface area contributed by atoms with E-state index >= 15 is 0 Å². The van der Waals surface area contributed by atoms with E-state index in [9.17, 15) is 0 Å². The first-order valence-electron chi connectivity index (χ1n) is 5.94. The molecule has 0 aliphatic carbocycles. The maximum atomic E-state index is 5.73. The van der Waals surface area contributed by atoms with E-state index in [-0.39, 0.29) is 0 Å². The Hall–Kier alpha value is -1.22. The molecule has 0 N–H and O–H groups in total. The van der Waals surface area contributed by atoms with Crippen LogP contribution in [0.4, 0.5) is 0 Å². The third-order valence-corrected chi connectivity index (χ3v) is 4.56. The molecule has 19 heavy (non-hydrogen) atoms. The molecule has 0 bridgehead atoms. The smallest absolute Gasteiger partial charge is 0.359 e. The molecule has 0 spiro atoms. The van der Waals surface area contributed by atoms with Crippen molar-refractivity contribution in [2.75, 3.05) is 0 Å². The van der Waals surface area contributed by atoms with E-state index in [2.05, 4.69) is 17.8 Å². The monoisotopic (exact) mass is 278 g/mol. The number of hydrogen-bond acceptors (Lipinski definition) is 3. The van der Waals surface area contributed by atoms with E-state index in [4.69, 9.17) is 32.5 Å². The van der Waals surface area contributed by atoms with Crippen molar-refractivity contribution in [2.45, 2.75) is 58.3 Å². The van der Waals surface area contributed by atoms with Crippen LogP contribution in [-0.4, -0.2) is 26.3 Å². The molecule has 0 heterocycles. The highest BCUT2D eigenvalue weighted by molar-refractivity contribution is 6.37. The first kappa shape index (κ1) is 17.8. The van der Waals surface area contributed by atoms with Crippen molar-refractivity contribution in [3.63, 3.8) is 0 Å². The highest BCUT2D eigenvalue weighted by Gasteiger charge is 2.35. The molecule has 0 aromatic rings. The minimum absolute atomic E-state index is 0.799. The van der Waals surface area contributed by atoms with E-state index in [1.165, 1.54) is 0 Å². The van der Waals surface area contributed by atoms with Gasteiger partial charge in [-0.05, 0) is 41.5 Å². The molecule has 0 atom stereocenters. The molecule has 0 saturated heterocycles. The minimum Gasteiger partial charge on any atom is -0.359 e. The Morgan fingerprint density at radius 2 is 0.842 bits per heavy atom. The third kappa shape index (κ3) is 7.06. The second-order valence-corrected chi connectivity index (χ2v) is 6.89. The lowest BCUT2D eigenvalue weighted by molar-refractivity contribution is -0.0203. The van der Waals surface area contributed by atoms with Gasteiger partial charge in [0.1, 0.15) is 16.8 Å². The average molecular weight is 278 g/mol. The fourth-order valence-electron chi connectivity index (χ4n) is 0.896. The van der Waals surface area contributed by atoms with E-state index in [1.54, 1.807) is 41.5 Å². The molecule has 4 heteroatoms. The van der Waals surface area contributed by atoms with Gasteiger partial charge in [-0.25, -0.2) is 0 Å². The van der Waals surface area contributed by atoms with Crippen LogP contribution >= 0.6 is 0 Å². The Kier molecular flexibility index (Phi) is 5.88. The van der Waals surface area contributed by atoms with E-state index in [0.717, 1.165) is 0 Å². The molecule has 0 fully saturated rings. The number of terminal acetylenes is 3. The Morgan fingerprint density at radius 3 is 1.00 bits per heavy atom. The Morgan fingerprint density at radius 1 is 0.632 bits per heavy atom. The van der Waals surface area contributed by atoms with Gasteiger partial charge in [0, 0.05) is 0 Å². The normalized spacial score (nSPS) is 12.6. The summed E-state index contributed by atoms with van der Waals surface area (Å²) in [4.78, 5) is 0. The van der Waals surface area contributed by atoms with Crippen molar-refractivity contribution >= 4 is 9.53 Å². The van der Waals surface area contributed by atoms with Crippen LogP contribution in [0.15, 0.2) is 0 Å². The molecular weight excluding hydrogens is 256 g/mol. The summed E-state index contributed by atoms with van der Waals surface area (Å²) in [5.74, 6) is 7.59. The maximum Gasteiger partial charge on any atom is 0.487 e. The van der Waals surface area contributed by atoms with Crippen LogP contribution < -0.4 is 0 Å². The summed E-state index contributed by atoms with van der Waals surface area (Å²) >= 11 is 0. The summed E-state index contributed by atoms with van der Waals surface area (Å²) < 4.78 is 17.2. The van der Waals surface area contributed by atoms with Crippen LogP contribution in [0.5, 0.6) is 0 Å². The van der Waals surface area contributed by atoms with Crippen LogP contribution in [-0.2, 0) is 13.3 Å². The van der Waals surface area contributed by atoms with Crippen LogP contribution in [0.1, 0.15) is 41.5 Å². The van der Waals surface area contributed by atoms with Crippen molar-refractivity contribution in [1.29, 1.82) is 0 Å². The lowest BCUT2D eigenvalue weighted by atomic mass is 10.2. The largest absolute Gasteiger partial charge is 0.487 e. The molecular formula is C15H22O3Si. The lowest BCUT2D eigenvalue weighted by Gasteiger charge is -2.33. The maximum absolute atomic E-state index is 5.73. The summed E-state index contributed by atoms with van der Waals surface area (Å²) in [6, 6.07) is 0. The summed E-state index contributed by atoms with van der Waals surface area (Å²) in [7, 11) is -2.59. The molecule has 0 radical (unpaired) electrons. The fourth-order valence-corrected chi connectivity index (χ4v) is 2.69. The van der Waals surface area contributed by atoms with Gasteiger partial charge in [-0.1, -0.05) is 17.8 Å². The predicted octanol–water partition coefficient (Wildman–Crippen LogP) is 1.99. The van der Waals surface area contributed by atoms with Gasteiger partial charge in [-0.15, -0.1) is 19.3 Å². The van der Waals surface area contributed by atoms with Crippen molar-refractivity contribution in [2.24, 2.45) is 0 Å². The van der Waals surface area contributed by atoms with Crippen LogP contribution in [0, 0.1) is 37.0 Å². The molecule has 0 aliphatic heterocycles. The first-order chi connectivity index (χ1) is 8.47. The van der Waals surface area contributed by atoms with Crippen molar-refractivity contribution in [3.8, 4) is 37.0 Å². The molecule has 0 rings (SSSR count). The van der Waals surface area contributed by atoms with E-state index in [0.29, 0.717) is 0 Å². The number of rotatable bonds is 6. The standard InChI is InChI=1S/C15H22O3Si/c1-10-13(4,5)16-19(17-14(6,7)11-2)18-15(8,9)12-3/h1-3,19H,4-9H3. The van der Waals surface area contributed by atoms with Gasteiger partial charge in [0.25, 0.3) is 0 Å². The van der Waals surface area contributed by atoms with Gasteiger partial charge in [0.2, 0.25) is 0 Å². The van der Waals surface area contributed by atoms with Crippen LogP contribution in [0.2, 0.25) is 0 Å². The second-order valence-electron chi connectivity index (χ2n) is 5.61. The Balaban J connectivity index is 5.04. The summed E-state index contributed by atoms with van der Waals surface area (Å²) in [5.41, 5.74) is -2.40. The van der Waals surface area contributed by atoms with Gasteiger partial charge < -0.3 is 13.3 Å². The molecule has 0 unspecified atom stereocenters. The molecule has 0 aliphatic rings. The van der Waals surface area contributed by atoms with E-state index in [1.807, 2.05) is 0 Å². The van der Waals surface area contributed by atoms with Crippen molar-refractivity contribution in [1.82, 2.24) is 0 Å². The molecule has 0 aromatic heterocycles. The van der Waals surface area contributed by atoms with Crippen molar-refractivity contribution in [3.05, 3.63) is 0 Å². The summed E-state index contributed by atoms with van der Waals surface area (Å²) in [6.45, 7) is 10.5. The second kappa shape index (κ2) is 6.28. The molecule has 0 amide bonds. The fraction of sp³-hybridized carbons (Fsp3) is 0.600. The average Bonchev–Trinajstić information content (AvgIpc) is 2.27. The first-order valence-corrected chi connectivity index (χ1v) is 7.35. The molecule has 0 saturated carbocycles. The minimum atomic E-state index is -2.59. The molecule has 3 nitrogen and oxygen atoms in total. The zero-order valence-corrected chi connectivity index (χ0v) is 13.7. The van der Waals surface area contributed by atoms with Gasteiger partial charge >= 0.3 is 9.53 Å². The lowest BCUT2D eigenvalue weighted by Crippen LogP contribution is -2.46. The molecule has 0 aromatic carbocycles. The molecule has 104 valence electrons. The third-order valence-electron chi connectivity index (χ3n) is 2.22. The Labute approximate surface area is 119 Å². The summed E-state index contributed by atoms with van der Waals surface area (Å²) in [5, 5.41) is 0. The Bertz CT molecular complexity index is 363. The van der Waals surface area contributed by atoms with Crippen LogP contribution in [0.25, 0.3) is 0 Å². The highest BCUT2D eigenvalue weighted by Crippen LogP contribution is 2.20. The summed E-state index contributed by atoms with van der Waals surface area (Å²) in [6.07, 6.45) is 16.2. The van der Waals surface area contributed by atoms with E-state index < -0.39 is 26.3 Å². The van der Waals surface area contributed by atoms with Gasteiger partial charge in [-0.3, -0.25) is 0 Å². The zero-order valence-electron chi connectivity index (χ0n) is 12.5. The topological polar surface area (TPSA) is 27.7 Å². The highest BCUT2D eigenvalue weighted by atomic mass is 28.3. The van der Waals surface area contributed by atoms with Gasteiger partial charge in [-0.2, -0.15) is 0 Å². The van der Waals surface area contributed by atoms with Gasteiger partial charge in [0.05, 0.1) is 0 Å². The predicted molar refractivity (Wildman–Crippen MR) is 79.1 cm³/mol.